The summed E-state index contributed by atoms with van der Waals surface area (Å²) in [6.07, 6.45) is -3.42. The van der Waals surface area contributed by atoms with Crippen molar-refractivity contribution in [3.8, 4) is 11.5 Å². The summed E-state index contributed by atoms with van der Waals surface area (Å²) >= 11 is 3.36. The molecule has 0 heterocycles. The molecule has 0 aromatic heterocycles. The second kappa shape index (κ2) is 10.5. The summed E-state index contributed by atoms with van der Waals surface area (Å²) in [4.78, 5) is 10.2. The number of anilines is 1. The fraction of sp³-hybridized carbons (Fsp3) is 0.136. The number of rotatable bonds is 8. The number of halogens is 5. The highest BCUT2D eigenvalue weighted by Gasteiger charge is 2.33. The molecule has 7 nitrogen and oxygen atoms in total. The topological polar surface area (TPSA) is 86.0 Å². The Morgan fingerprint density at radius 2 is 1.91 bits per heavy atom. The lowest BCUT2D eigenvalue weighted by Gasteiger charge is -2.13. The third-order valence-corrected chi connectivity index (χ3v) is 5.16. The van der Waals surface area contributed by atoms with Crippen molar-refractivity contribution in [1.82, 2.24) is 0 Å². The summed E-state index contributed by atoms with van der Waals surface area (Å²) in [5.41, 5.74) is 1.35. The molecule has 0 aliphatic carbocycles. The lowest BCUT2D eigenvalue weighted by atomic mass is 10.1. The lowest BCUT2D eigenvalue weighted by Crippen LogP contribution is -2.06. The number of nitrogens with zero attached hydrogens (tertiary/aromatic N) is 2. The average Bonchev–Trinajstić information content (AvgIpc) is 2.78. The van der Waals surface area contributed by atoms with Gasteiger partial charge in [0.15, 0.2) is 11.5 Å². The number of hydrogen-bond acceptors (Lipinski definition) is 6. The van der Waals surface area contributed by atoms with Crippen molar-refractivity contribution in [2.45, 2.75) is 12.8 Å². The predicted molar refractivity (Wildman–Crippen MR) is 121 cm³/mol. The highest BCUT2D eigenvalue weighted by Crippen LogP contribution is 2.36. The van der Waals surface area contributed by atoms with E-state index >= 15 is 0 Å². The van der Waals surface area contributed by atoms with E-state index < -0.39 is 22.4 Å². The van der Waals surface area contributed by atoms with E-state index in [1.165, 1.54) is 25.5 Å². The molecule has 3 aromatic carbocycles. The Hall–Kier alpha value is -3.67. The Balaban J connectivity index is 1.78. The maximum atomic E-state index is 13.3. The molecule has 0 bridgehead atoms. The van der Waals surface area contributed by atoms with Crippen molar-refractivity contribution in [2.24, 2.45) is 5.10 Å². The molecular formula is C22H16BrF4N3O4. The van der Waals surface area contributed by atoms with E-state index in [-0.39, 0.29) is 18.1 Å². The molecule has 12 heteroatoms. The quantitative estimate of drug-likeness (QED) is 0.151. The van der Waals surface area contributed by atoms with Gasteiger partial charge in [0, 0.05) is 16.1 Å². The van der Waals surface area contributed by atoms with E-state index in [4.69, 9.17) is 9.47 Å². The largest absolute Gasteiger partial charge is 0.493 e. The van der Waals surface area contributed by atoms with E-state index in [0.717, 1.165) is 6.07 Å². The Kier molecular flexibility index (Phi) is 7.72. The van der Waals surface area contributed by atoms with Crippen LogP contribution < -0.4 is 14.9 Å². The van der Waals surface area contributed by atoms with Crippen LogP contribution in [0.15, 0.2) is 64.2 Å². The van der Waals surface area contributed by atoms with Gasteiger partial charge >= 0.3 is 6.18 Å². The third kappa shape index (κ3) is 6.22. The van der Waals surface area contributed by atoms with Crippen molar-refractivity contribution in [3.63, 3.8) is 0 Å². The Labute approximate surface area is 199 Å². The maximum absolute atomic E-state index is 13.3. The van der Waals surface area contributed by atoms with Gasteiger partial charge < -0.3 is 9.47 Å². The van der Waals surface area contributed by atoms with E-state index in [1.54, 1.807) is 24.3 Å². The number of nitro benzene ring substituents is 1. The molecule has 0 saturated carbocycles. The third-order valence-electron chi connectivity index (χ3n) is 4.48. The van der Waals surface area contributed by atoms with Gasteiger partial charge in [0.1, 0.15) is 18.1 Å². The molecule has 3 aromatic rings. The molecule has 0 aliphatic rings. The summed E-state index contributed by atoms with van der Waals surface area (Å²) < 4.78 is 63.4. The van der Waals surface area contributed by atoms with Gasteiger partial charge in [-0.15, -0.1) is 0 Å². The summed E-state index contributed by atoms with van der Waals surface area (Å²) in [5, 5.41) is 15.1. The van der Waals surface area contributed by atoms with Crippen LogP contribution in [-0.2, 0) is 12.8 Å². The number of nitro groups is 1. The van der Waals surface area contributed by atoms with Crippen LogP contribution >= 0.6 is 15.9 Å². The van der Waals surface area contributed by atoms with Gasteiger partial charge in [0.05, 0.1) is 23.8 Å². The number of nitrogens with one attached hydrogen (secondary N) is 1. The van der Waals surface area contributed by atoms with Gasteiger partial charge in [-0.25, -0.2) is 4.39 Å². The zero-order valence-corrected chi connectivity index (χ0v) is 19.0. The Morgan fingerprint density at radius 3 is 2.56 bits per heavy atom. The van der Waals surface area contributed by atoms with Crippen molar-refractivity contribution in [2.75, 3.05) is 12.5 Å². The minimum absolute atomic E-state index is 0.0904. The monoisotopic (exact) mass is 541 g/mol. The van der Waals surface area contributed by atoms with Crippen LogP contribution in [0.5, 0.6) is 11.5 Å². The molecule has 0 unspecified atom stereocenters. The first kappa shape index (κ1) is 25.0. The Morgan fingerprint density at radius 1 is 1.15 bits per heavy atom. The van der Waals surface area contributed by atoms with Gasteiger partial charge in [-0.3, -0.25) is 15.5 Å². The molecule has 1 N–H and O–H groups in total. The number of methoxy groups -OCH3 is 1. The van der Waals surface area contributed by atoms with Gasteiger partial charge in [0.25, 0.3) is 5.69 Å². The van der Waals surface area contributed by atoms with E-state index in [9.17, 15) is 27.7 Å². The number of alkyl halides is 3. The smallest absolute Gasteiger partial charge is 0.416 e. The Bertz CT molecular complexity index is 1240. The van der Waals surface area contributed by atoms with Crippen molar-refractivity contribution >= 4 is 33.5 Å². The van der Waals surface area contributed by atoms with Gasteiger partial charge in [-0.2, -0.15) is 18.3 Å². The highest BCUT2D eigenvalue weighted by molar-refractivity contribution is 9.10. The number of benzene rings is 3. The minimum Gasteiger partial charge on any atom is -0.493 e. The summed E-state index contributed by atoms with van der Waals surface area (Å²) in [7, 11) is 1.42. The summed E-state index contributed by atoms with van der Waals surface area (Å²) in [6.45, 7) is 0.0904. The molecule has 0 radical (unpaired) electrons. The number of hydrogen-bond donors (Lipinski definition) is 1. The van der Waals surface area contributed by atoms with Gasteiger partial charge in [-0.1, -0.05) is 12.1 Å². The van der Waals surface area contributed by atoms with E-state index in [0.29, 0.717) is 39.2 Å². The van der Waals surface area contributed by atoms with Crippen molar-refractivity contribution in [1.29, 1.82) is 0 Å². The first-order valence-corrected chi connectivity index (χ1v) is 10.3. The van der Waals surface area contributed by atoms with Gasteiger partial charge in [0.2, 0.25) is 0 Å². The molecule has 0 aliphatic heterocycles. The van der Waals surface area contributed by atoms with Crippen LogP contribution in [0.25, 0.3) is 0 Å². The minimum atomic E-state index is -4.72. The molecular weight excluding hydrogens is 526 g/mol. The maximum Gasteiger partial charge on any atom is 0.416 e. The molecule has 0 saturated heterocycles. The van der Waals surface area contributed by atoms with Crippen molar-refractivity contribution in [3.05, 3.63) is 91.7 Å². The molecule has 178 valence electrons. The molecule has 34 heavy (non-hydrogen) atoms. The second-order valence-electron chi connectivity index (χ2n) is 6.80. The zero-order valence-electron chi connectivity index (χ0n) is 17.4. The van der Waals surface area contributed by atoms with Crippen LogP contribution in [0.1, 0.15) is 16.7 Å². The first-order valence-electron chi connectivity index (χ1n) is 9.48. The number of hydrazone groups is 1. The normalized spacial score (nSPS) is 11.5. The molecule has 0 amide bonds. The zero-order chi connectivity index (χ0) is 24.9. The van der Waals surface area contributed by atoms with E-state index in [2.05, 4.69) is 26.5 Å². The van der Waals surface area contributed by atoms with E-state index in [1.807, 2.05) is 0 Å². The van der Waals surface area contributed by atoms with Crippen LogP contribution in [0, 0.1) is 15.9 Å². The summed E-state index contributed by atoms with van der Waals surface area (Å²) in [5.74, 6) is 0.310. The first-order chi connectivity index (χ1) is 16.1. The van der Waals surface area contributed by atoms with Crippen LogP contribution in [0.2, 0.25) is 0 Å². The molecule has 0 fully saturated rings. The van der Waals surface area contributed by atoms with Gasteiger partial charge in [-0.05, 0) is 57.9 Å². The van der Waals surface area contributed by atoms with Crippen LogP contribution in [0.4, 0.5) is 28.9 Å². The highest BCUT2D eigenvalue weighted by atomic mass is 79.9. The number of ether oxygens (including phenoxy) is 2. The second-order valence-corrected chi connectivity index (χ2v) is 7.65. The van der Waals surface area contributed by atoms with Crippen molar-refractivity contribution < 1.29 is 32.0 Å². The molecule has 0 atom stereocenters. The molecule has 0 spiro atoms. The SMILES string of the molecule is COc1cc(/C=N\Nc2ccc(C(F)(F)F)cc2[N+](=O)[O-])c(Br)cc1OCc1cccc(F)c1. The summed E-state index contributed by atoms with van der Waals surface area (Å²) in [6, 6.07) is 11.2. The standard InChI is InChI=1S/C22H16BrF4N3O4/c1-33-20-8-14(17(23)10-21(20)34-12-13-3-2-4-16(24)7-13)11-28-29-18-6-5-15(22(25,26)27)9-19(18)30(31)32/h2-11,29H,12H2,1H3/b28-11-. The molecule has 3 rings (SSSR count). The lowest BCUT2D eigenvalue weighted by molar-refractivity contribution is -0.384. The predicted octanol–water partition coefficient (Wildman–Crippen LogP) is 6.55. The fourth-order valence-corrected chi connectivity index (χ4v) is 3.26. The fourth-order valence-electron chi connectivity index (χ4n) is 2.83. The average molecular weight is 542 g/mol. The van der Waals surface area contributed by atoms with Crippen LogP contribution in [0.3, 0.4) is 0 Å². The van der Waals surface area contributed by atoms with Crippen LogP contribution in [-0.4, -0.2) is 18.2 Å².